The van der Waals surface area contributed by atoms with E-state index in [4.69, 9.17) is 21.1 Å². The van der Waals surface area contributed by atoms with Crippen LogP contribution >= 0.6 is 11.6 Å². The molecule has 10 heteroatoms. The monoisotopic (exact) mass is 484 g/mol. The zero-order valence-corrected chi connectivity index (χ0v) is 20.0. The number of benzene rings is 1. The average molecular weight is 485 g/mol. The highest BCUT2D eigenvalue weighted by atomic mass is 35.5. The maximum Gasteiger partial charge on any atom is 0.320 e. The molecule has 0 amide bonds. The highest BCUT2D eigenvalue weighted by molar-refractivity contribution is 6.32. The average Bonchev–Trinajstić information content (AvgIpc) is 3.51. The minimum absolute atomic E-state index is 0.273. The van der Waals surface area contributed by atoms with Crippen LogP contribution in [-0.4, -0.2) is 88.4 Å². The largest absolute Gasteiger partial charge is 0.467 e. The predicted molar refractivity (Wildman–Crippen MR) is 129 cm³/mol. The number of rotatable bonds is 5. The topological polar surface area (TPSA) is 88.8 Å². The van der Waals surface area contributed by atoms with E-state index in [1.165, 1.54) is 5.56 Å². The van der Waals surface area contributed by atoms with Gasteiger partial charge in [-0.05, 0) is 56.0 Å². The van der Waals surface area contributed by atoms with E-state index >= 15 is 0 Å². The molecular weight excluding hydrogens is 456 g/mol. The molecule has 3 saturated heterocycles. The van der Waals surface area contributed by atoms with Crippen LogP contribution in [0.5, 0.6) is 6.01 Å². The minimum Gasteiger partial charge on any atom is -0.467 e. The number of β-amino-alcohol motifs (C(OH)–C–C–N with tert-alkyl or cyclic N) is 1. The van der Waals surface area contributed by atoms with Gasteiger partial charge in [0.1, 0.15) is 5.82 Å². The molecule has 6 rings (SSSR count). The molecule has 2 aromatic heterocycles. The zero-order chi connectivity index (χ0) is 23.2. The molecule has 0 bridgehead atoms. The van der Waals surface area contributed by atoms with Gasteiger partial charge in [0.15, 0.2) is 5.82 Å². The number of aliphatic hydroxyl groups is 1. The Morgan fingerprint density at radius 1 is 1.09 bits per heavy atom. The lowest BCUT2D eigenvalue weighted by molar-refractivity contribution is 0.122. The number of aromatic nitrogens is 4. The number of aliphatic hydroxyl groups excluding tert-OH is 1. The van der Waals surface area contributed by atoms with Crippen molar-refractivity contribution in [2.45, 2.75) is 37.3 Å². The molecule has 0 spiro atoms. The number of nitrogens with zero attached hydrogens (tertiary/aromatic N) is 6. The summed E-state index contributed by atoms with van der Waals surface area (Å²) in [5, 5.41) is 16.1. The third kappa shape index (κ3) is 4.00. The molecule has 180 valence electrons. The molecule has 0 aliphatic carbocycles. The van der Waals surface area contributed by atoms with Gasteiger partial charge in [-0.3, -0.25) is 4.90 Å². The van der Waals surface area contributed by atoms with Crippen LogP contribution in [0.15, 0.2) is 24.4 Å². The molecular formula is C24H29ClN6O3. The quantitative estimate of drug-likeness (QED) is 0.591. The van der Waals surface area contributed by atoms with E-state index in [1.54, 1.807) is 7.11 Å². The molecule has 5 heterocycles. The van der Waals surface area contributed by atoms with E-state index in [0.717, 1.165) is 61.5 Å². The lowest BCUT2D eigenvalue weighted by Gasteiger charge is -2.36. The first kappa shape index (κ1) is 22.0. The Labute approximate surface area is 203 Å². The number of ether oxygens (including phenoxy) is 2. The lowest BCUT2D eigenvalue weighted by atomic mass is 9.88. The van der Waals surface area contributed by atoms with Crippen molar-refractivity contribution in [3.8, 4) is 11.8 Å². The molecule has 3 aromatic rings. The van der Waals surface area contributed by atoms with Crippen LogP contribution < -0.4 is 9.64 Å². The van der Waals surface area contributed by atoms with Crippen LogP contribution in [0.3, 0.4) is 0 Å². The highest BCUT2D eigenvalue weighted by Gasteiger charge is 2.30. The molecule has 1 N–H and O–H groups in total. The number of anilines is 1. The number of hydrogen-bond acceptors (Lipinski definition) is 8. The van der Waals surface area contributed by atoms with Gasteiger partial charge >= 0.3 is 6.01 Å². The maximum atomic E-state index is 9.70. The van der Waals surface area contributed by atoms with Gasteiger partial charge in [-0.1, -0.05) is 11.6 Å². The van der Waals surface area contributed by atoms with Crippen LogP contribution in [0.1, 0.15) is 30.7 Å². The van der Waals surface area contributed by atoms with Crippen molar-refractivity contribution >= 4 is 28.3 Å². The van der Waals surface area contributed by atoms with Gasteiger partial charge in [0.2, 0.25) is 0 Å². The van der Waals surface area contributed by atoms with Crippen LogP contribution in [-0.2, 0) is 4.74 Å². The first-order valence-corrected chi connectivity index (χ1v) is 12.3. The molecule has 3 fully saturated rings. The zero-order valence-electron chi connectivity index (χ0n) is 19.2. The van der Waals surface area contributed by atoms with E-state index in [-0.39, 0.29) is 12.1 Å². The van der Waals surface area contributed by atoms with Gasteiger partial charge in [-0.25, -0.2) is 4.68 Å². The van der Waals surface area contributed by atoms with Gasteiger partial charge in [-0.2, -0.15) is 15.1 Å². The fourth-order valence-electron chi connectivity index (χ4n) is 5.35. The fraction of sp³-hybridized carbons (Fsp3) is 0.542. The summed E-state index contributed by atoms with van der Waals surface area (Å²) >= 11 is 6.76. The summed E-state index contributed by atoms with van der Waals surface area (Å²) in [7, 11) is 1.55. The number of fused-ring (bicyclic) bond motifs is 1. The number of hydrogen-bond donors (Lipinski definition) is 1. The molecule has 0 saturated carbocycles. The van der Waals surface area contributed by atoms with E-state index in [9.17, 15) is 5.11 Å². The summed E-state index contributed by atoms with van der Waals surface area (Å²) in [6, 6.07) is 6.91. The smallest absolute Gasteiger partial charge is 0.320 e. The van der Waals surface area contributed by atoms with Crippen LogP contribution in [0.4, 0.5) is 5.82 Å². The van der Waals surface area contributed by atoms with Crippen molar-refractivity contribution in [3.63, 3.8) is 0 Å². The Bertz CT molecular complexity index is 1180. The maximum absolute atomic E-state index is 9.70. The van der Waals surface area contributed by atoms with Crippen LogP contribution in [0, 0.1) is 0 Å². The number of halogens is 1. The van der Waals surface area contributed by atoms with Gasteiger partial charge in [-0.15, -0.1) is 0 Å². The van der Waals surface area contributed by atoms with Crippen LogP contribution in [0.25, 0.3) is 16.7 Å². The number of piperidine rings is 1. The summed E-state index contributed by atoms with van der Waals surface area (Å²) < 4.78 is 12.8. The normalized spacial score (nSPS) is 22.4. The standard InChI is InChI=1S/C24H29ClN6O3/c1-33-24-27-22(30-12-18(32)13-30)10-23(28-24)31-21-9-19(20(25)8-16(21)11-26-31)15-2-5-29(6-3-15)17-4-7-34-14-17/h8-11,15,17-18,32H,2-7,12-14H2,1H3. The third-order valence-corrected chi connectivity index (χ3v) is 7.67. The van der Waals surface area contributed by atoms with Gasteiger partial charge in [0.25, 0.3) is 0 Å². The molecule has 3 aliphatic heterocycles. The summed E-state index contributed by atoms with van der Waals surface area (Å²) in [6.07, 6.45) is 4.79. The second-order valence-electron chi connectivity index (χ2n) is 9.45. The second kappa shape index (κ2) is 8.96. The molecule has 9 nitrogen and oxygen atoms in total. The number of methoxy groups -OCH3 is 1. The minimum atomic E-state index is -0.327. The van der Waals surface area contributed by atoms with Gasteiger partial charge < -0.3 is 19.5 Å². The van der Waals surface area contributed by atoms with Crippen molar-refractivity contribution in [2.24, 2.45) is 0 Å². The van der Waals surface area contributed by atoms with E-state index in [2.05, 4.69) is 26.0 Å². The van der Waals surface area contributed by atoms with Crippen molar-refractivity contribution in [1.29, 1.82) is 0 Å². The summed E-state index contributed by atoms with van der Waals surface area (Å²) in [5.41, 5.74) is 2.13. The van der Waals surface area contributed by atoms with Crippen molar-refractivity contribution in [1.82, 2.24) is 24.6 Å². The molecule has 1 unspecified atom stereocenters. The van der Waals surface area contributed by atoms with Crippen molar-refractivity contribution in [2.75, 3.05) is 51.4 Å². The summed E-state index contributed by atoms with van der Waals surface area (Å²) in [6.45, 7) is 4.97. The SMILES string of the molecule is COc1nc(N2CC(O)C2)cc(-n2ncc3cc(Cl)c(C4CCN(C5CCOC5)CC4)cc32)n1. The Morgan fingerprint density at radius 2 is 1.88 bits per heavy atom. The van der Waals surface area contributed by atoms with E-state index < -0.39 is 0 Å². The van der Waals surface area contributed by atoms with Gasteiger partial charge in [0, 0.05) is 42.2 Å². The van der Waals surface area contributed by atoms with Crippen molar-refractivity contribution in [3.05, 3.63) is 35.0 Å². The third-order valence-electron chi connectivity index (χ3n) is 7.34. The first-order chi connectivity index (χ1) is 16.6. The lowest BCUT2D eigenvalue weighted by Crippen LogP contribution is -2.51. The van der Waals surface area contributed by atoms with E-state index in [0.29, 0.717) is 36.7 Å². The highest BCUT2D eigenvalue weighted by Crippen LogP contribution is 2.37. The fourth-order valence-corrected chi connectivity index (χ4v) is 5.68. The second-order valence-corrected chi connectivity index (χ2v) is 9.85. The summed E-state index contributed by atoms with van der Waals surface area (Å²) in [4.78, 5) is 13.6. The van der Waals surface area contributed by atoms with Gasteiger partial charge in [0.05, 0.1) is 31.5 Å². The molecule has 34 heavy (non-hydrogen) atoms. The molecule has 3 aliphatic rings. The Hall–Kier alpha value is -2.46. The first-order valence-electron chi connectivity index (χ1n) is 11.9. The summed E-state index contributed by atoms with van der Waals surface area (Å²) in [5.74, 6) is 1.76. The Kier molecular flexibility index (Phi) is 5.81. The molecule has 0 radical (unpaired) electrons. The van der Waals surface area contributed by atoms with Crippen LogP contribution in [0.2, 0.25) is 5.02 Å². The predicted octanol–water partition coefficient (Wildman–Crippen LogP) is 2.63. The Morgan fingerprint density at radius 3 is 2.59 bits per heavy atom. The molecule has 1 atom stereocenters. The van der Waals surface area contributed by atoms with E-state index in [1.807, 2.05) is 27.9 Å². The Balaban J connectivity index is 1.30. The molecule has 1 aromatic carbocycles. The van der Waals surface area contributed by atoms with Crippen molar-refractivity contribution < 1.29 is 14.6 Å². The number of likely N-dealkylation sites (tertiary alicyclic amines) is 1.